The summed E-state index contributed by atoms with van der Waals surface area (Å²) in [4.78, 5) is 28.9. The standard InChI is InChI=1S/C37H43F2NO5/c1-8-43-36(42)34(45-37(5,6)7)32-23(4)27-15-17-40(35(41)24-11-9-12-25(38)19-24)16-14-26(27)22(3)31(32)29-20-30(39)33-28(21(29)2)13-10-18-44-33/h9,11-12,19-20,34H,8,10,13-18H2,1-7H3/t34-/m0/s1. The van der Waals surface area contributed by atoms with Crippen LogP contribution in [-0.4, -0.2) is 48.7 Å². The minimum absolute atomic E-state index is 0.183. The molecule has 0 aliphatic carbocycles. The predicted molar refractivity (Wildman–Crippen MR) is 170 cm³/mol. The van der Waals surface area contributed by atoms with Crippen LogP contribution in [0, 0.1) is 32.4 Å². The molecule has 1 amide bonds. The van der Waals surface area contributed by atoms with Crippen molar-refractivity contribution in [2.45, 2.75) is 85.9 Å². The number of fused-ring (bicyclic) bond motifs is 2. The van der Waals surface area contributed by atoms with E-state index in [0.717, 1.165) is 45.4 Å². The van der Waals surface area contributed by atoms with Crippen LogP contribution < -0.4 is 4.74 Å². The van der Waals surface area contributed by atoms with Crippen molar-refractivity contribution in [2.24, 2.45) is 0 Å². The third-order valence-electron chi connectivity index (χ3n) is 8.88. The molecule has 5 rings (SSSR count). The van der Waals surface area contributed by atoms with Gasteiger partial charge in [0.25, 0.3) is 5.91 Å². The maximum absolute atomic E-state index is 15.7. The van der Waals surface area contributed by atoms with Crippen molar-refractivity contribution >= 4 is 11.9 Å². The molecule has 2 aliphatic rings. The van der Waals surface area contributed by atoms with E-state index in [1.54, 1.807) is 17.9 Å². The van der Waals surface area contributed by atoms with E-state index < -0.39 is 29.3 Å². The summed E-state index contributed by atoms with van der Waals surface area (Å²) in [7, 11) is 0. The lowest BCUT2D eigenvalue weighted by Crippen LogP contribution is -2.33. The van der Waals surface area contributed by atoms with E-state index in [2.05, 4.69) is 0 Å². The predicted octanol–water partition coefficient (Wildman–Crippen LogP) is 7.54. The Morgan fingerprint density at radius 2 is 1.64 bits per heavy atom. The number of amides is 1. The molecule has 1 atom stereocenters. The summed E-state index contributed by atoms with van der Waals surface area (Å²) in [5.74, 6) is -1.33. The quantitative estimate of drug-likeness (QED) is 0.267. The molecule has 2 heterocycles. The molecule has 0 saturated carbocycles. The SMILES string of the molecule is CCOC(=O)[C@@H](OC(C)(C)C)c1c(C)c2c(c(C)c1-c1cc(F)c3c(c1C)CCCO3)CCN(C(=O)c1cccc(F)c1)CC2. The van der Waals surface area contributed by atoms with Crippen LogP contribution in [0.5, 0.6) is 5.75 Å². The van der Waals surface area contributed by atoms with E-state index in [1.807, 2.05) is 41.5 Å². The van der Waals surface area contributed by atoms with Crippen molar-refractivity contribution in [1.29, 1.82) is 0 Å². The molecule has 0 saturated heterocycles. The molecule has 0 spiro atoms. The van der Waals surface area contributed by atoms with Crippen molar-refractivity contribution in [3.8, 4) is 16.9 Å². The van der Waals surface area contributed by atoms with Gasteiger partial charge in [0.1, 0.15) is 5.82 Å². The summed E-state index contributed by atoms with van der Waals surface area (Å²) in [6.45, 7) is 14.9. The first kappa shape index (κ1) is 32.6. The summed E-state index contributed by atoms with van der Waals surface area (Å²) >= 11 is 0. The summed E-state index contributed by atoms with van der Waals surface area (Å²) in [6, 6.07) is 7.27. The van der Waals surface area contributed by atoms with Gasteiger partial charge in [-0.25, -0.2) is 13.6 Å². The molecular weight excluding hydrogens is 576 g/mol. The van der Waals surface area contributed by atoms with Crippen LogP contribution in [0.25, 0.3) is 11.1 Å². The fourth-order valence-corrected chi connectivity index (χ4v) is 6.83. The zero-order valence-corrected chi connectivity index (χ0v) is 27.4. The third-order valence-corrected chi connectivity index (χ3v) is 8.88. The molecule has 6 nitrogen and oxygen atoms in total. The molecule has 45 heavy (non-hydrogen) atoms. The number of hydrogen-bond acceptors (Lipinski definition) is 5. The first-order valence-corrected chi connectivity index (χ1v) is 15.8. The number of nitrogens with zero attached hydrogens (tertiary/aromatic N) is 1. The number of carbonyl (C=O) groups is 2. The first-order valence-electron chi connectivity index (χ1n) is 15.8. The van der Waals surface area contributed by atoms with Gasteiger partial charge in [0, 0.05) is 29.8 Å². The van der Waals surface area contributed by atoms with Gasteiger partial charge in [-0.1, -0.05) is 6.07 Å². The number of halogens is 2. The molecule has 0 N–H and O–H groups in total. The molecule has 240 valence electrons. The zero-order valence-electron chi connectivity index (χ0n) is 27.4. The lowest BCUT2D eigenvalue weighted by Gasteiger charge is -2.32. The molecule has 0 radical (unpaired) electrons. The first-order chi connectivity index (χ1) is 21.3. The highest BCUT2D eigenvalue weighted by Crippen LogP contribution is 2.46. The number of rotatable bonds is 6. The van der Waals surface area contributed by atoms with Crippen molar-refractivity contribution in [1.82, 2.24) is 4.90 Å². The van der Waals surface area contributed by atoms with Crippen molar-refractivity contribution in [3.63, 3.8) is 0 Å². The van der Waals surface area contributed by atoms with Crippen LogP contribution in [0.4, 0.5) is 8.78 Å². The van der Waals surface area contributed by atoms with Gasteiger partial charge in [0.2, 0.25) is 0 Å². The Kier molecular flexibility index (Phi) is 9.36. The molecule has 0 aromatic heterocycles. The molecule has 0 unspecified atom stereocenters. The molecular formula is C37H43F2NO5. The normalized spacial score (nSPS) is 15.4. The van der Waals surface area contributed by atoms with E-state index in [9.17, 15) is 14.0 Å². The second-order valence-electron chi connectivity index (χ2n) is 13.0. The summed E-state index contributed by atoms with van der Waals surface area (Å²) in [5.41, 5.74) is 7.33. The molecule has 8 heteroatoms. The Morgan fingerprint density at radius 1 is 0.956 bits per heavy atom. The Morgan fingerprint density at radius 3 is 2.29 bits per heavy atom. The van der Waals surface area contributed by atoms with Crippen molar-refractivity contribution in [3.05, 3.63) is 86.5 Å². The van der Waals surface area contributed by atoms with Crippen LogP contribution >= 0.6 is 0 Å². The van der Waals surface area contributed by atoms with Crippen LogP contribution in [0.2, 0.25) is 0 Å². The molecule has 0 bridgehead atoms. The van der Waals surface area contributed by atoms with Gasteiger partial charge in [-0.15, -0.1) is 0 Å². The second kappa shape index (κ2) is 12.9. The number of hydrogen-bond donors (Lipinski definition) is 0. The molecule has 3 aromatic rings. The van der Waals surface area contributed by atoms with Gasteiger partial charge < -0.3 is 19.1 Å². The average molecular weight is 620 g/mol. The highest BCUT2D eigenvalue weighted by Gasteiger charge is 2.36. The van der Waals surface area contributed by atoms with Crippen LogP contribution in [0.15, 0.2) is 30.3 Å². The Hall–Kier alpha value is -3.78. The molecule has 3 aromatic carbocycles. The average Bonchev–Trinajstić information content (AvgIpc) is 3.23. The van der Waals surface area contributed by atoms with Crippen molar-refractivity contribution in [2.75, 3.05) is 26.3 Å². The van der Waals surface area contributed by atoms with E-state index in [1.165, 1.54) is 24.3 Å². The summed E-state index contributed by atoms with van der Waals surface area (Å²) < 4.78 is 47.5. The summed E-state index contributed by atoms with van der Waals surface area (Å²) in [6.07, 6.45) is 1.51. The van der Waals surface area contributed by atoms with E-state index >= 15 is 4.39 Å². The topological polar surface area (TPSA) is 65.1 Å². The fourth-order valence-electron chi connectivity index (χ4n) is 6.83. The largest absolute Gasteiger partial charge is 0.490 e. The number of esters is 1. The Balaban J connectivity index is 1.72. The van der Waals surface area contributed by atoms with Gasteiger partial charge in [-0.3, -0.25) is 4.79 Å². The number of benzene rings is 3. The van der Waals surface area contributed by atoms with Gasteiger partial charge in [0.05, 0.1) is 18.8 Å². The van der Waals surface area contributed by atoms with Crippen LogP contribution in [0.1, 0.15) is 89.5 Å². The van der Waals surface area contributed by atoms with Crippen molar-refractivity contribution < 1.29 is 32.6 Å². The maximum atomic E-state index is 15.7. The minimum Gasteiger partial charge on any atom is -0.490 e. The molecule has 2 aliphatic heterocycles. The van der Waals surface area contributed by atoms with E-state index in [0.29, 0.717) is 61.4 Å². The van der Waals surface area contributed by atoms with Crippen LogP contribution in [-0.2, 0) is 33.5 Å². The smallest absolute Gasteiger partial charge is 0.339 e. The highest BCUT2D eigenvalue weighted by molar-refractivity contribution is 5.94. The van der Waals surface area contributed by atoms with E-state index in [-0.39, 0.29) is 12.5 Å². The van der Waals surface area contributed by atoms with E-state index in [4.69, 9.17) is 14.2 Å². The van der Waals surface area contributed by atoms with Crippen LogP contribution in [0.3, 0.4) is 0 Å². The third kappa shape index (κ3) is 6.48. The fraction of sp³-hybridized carbons (Fsp3) is 0.459. The lowest BCUT2D eigenvalue weighted by atomic mass is 9.79. The summed E-state index contributed by atoms with van der Waals surface area (Å²) in [5, 5.41) is 0. The number of ether oxygens (including phenoxy) is 3. The van der Waals surface area contributed by atoms with Gasteiger partial charge in [0.15, 0.2) is 17.7 Å². The van der Waals surface area contributed by atoms with Gasteiger partial charge in [-0.2, -0.15) is 0 Å². The Labute approximate surface area is 264 Å². The highest BCUT2D eigenvalue weighted by atomic mass is 19.1. The Bertz CT molecular complexity index is 1640. The zero-order chi connectivity index (χ0) is 32.6. The minimum atomic E-state index is -1.06. The number of carbonyl (C=O) groups excluding carboxylic acids is 2. The lowest BCUT2D eigenvalue weighted by molar-refractivity contribution is -0.166. The molecule has 0 fully saturated rings. The second-order valence-corrected chi connectivity index (χ2v) is 13.0. The maximum Gasteiger partial charge on any atom is 0.339 e. The van der Waals surface area contributed by atoms with Gasteiger partial charge >= 0.3 is 5.97 Å². The van der Waals surface area contributed by atoms with Gasteiger partial charge in [-0.05, 0) is 137 Å². The monoisotopic (exact) mass is 619 g/mol.